The lowest BCUT2D eigenvalue weighted by molar-refractivity contribution is -0.140. The molecule has 1 aromatic heterocycles. The fourth-order valence-electron chi connectivity index (χ4n) is 2.65. The Morgan fingerprint density at radius 3 is 2.71 bits per heavy atom. The fourth-order valence-corrected chi connectivity index (χ4v) is 2.65. The molecule has 0 unspecified atom stereocenters. The van der Waals surface area contributed by atoms with Crippen LogP contribution >= 0.6 is 0 Å². The molecule has 1 aliphatic heterocycles. The minimum absolute atomic E-state index is 0.0129. The van der Waals surface area contributed by atoms with Crippen LogP contribution in [0.3, 0.4) is 0 Å². The van der Waals surface area contributed by atoms with Crippen molar-refractivity contribution in [3.63, 3.8) is 0 Å². The highest BCUT2D eigenvalue weighted by Crippen LogP contribution is 2.33. The number of hydrogen-bond acceptors (Lipinski definition) is 4. The van der Waals surface area contributed by atoms with Gasteiger partial charge in [0.1, 0.15) is 5.82 Å². The standard InChI is InChI=1S/C15H13F4N3O2/c1-8(23)22-5-4-10(7-22)14-20-13(21-24-14)9-2-3-11(12(16)6-9)15(17,18)19/h2-3,6,10H,4-5,7H2,1H3/t10-/m0/s1. The maximum atomic E-state index is 13.6. The molecule has 1 atom stereocenters. The van der Waals surface area contributed by atoms with Gasteiger partial charge in [0.25, 0.3) is 0 Å². The summed E-state index contributed by atoms with van der Waals surface area (Å²) in [4.78, 5) is 17.1. The van der Waals surface area contributed by atoms with E-state index in [1.54, 1.807) is 4.90 Å². The average molecular weight is 343 g/mol. The van der Waals surface area contributed by atoms with E-state index in [1.807, 2.05) is 0 Å². The number of hydrogen-bond donors (Lipinski definition) is 0. The Labute approximate surface area is 134 Å². The van der Waals surface area contributed by atoms with Crippen LogP contribution in [0.5, 0.6) is 0 Å². The van der Waals surface area contributed by atoms with Crippen molar-refractivity contribution in [2.45, 2.75) is 25.4 Å². The number of carbonyl (C=O) groups excluding carboxylic acids is 1. The Morgan fingerprint density at radius 2 is 2.12 bits per heavy atom. The van der Waals surface area contributed by atoms with Gasteiger partial charge in [-0.15, -0.1) is 0 Å². The Bertz CT molecular complexity index is 772. The first-order valence-corrected chi connectivity index (χ1v) is 7.22. The minimum Gasteiger partial charge on any atom is -0.342 e. The van der Waals surface area contributed by atoms with Gasteiger partial charge < -0.3 is 9.42 Å². The van der Waals surface area contributed by atoms with Gasteiger partial charge in [-0.1, -0.05) is 11.2 Å². The molecule has 0 bridgehead atoms. The van der Waals surface area contributed by atoms with Crippen LogP contribution < -0.4 is 0 Å². The van der Waals surface area contributed by atoms with Gasteiger partial charge in [-0.25, -0.2) is 4.39 Å². The molecule has 1 fully saturated rings. The number of aromatic nitrogens is 2. The highest BCUT2D eigenvalue weighted by atomic mass is 19.4. The lowest BCUT2D eigenvalue weighted by Crippen LogP contribution is -2.25. The van der Waals surface area contributed by atoms with Gasteiger partial charge in [0, 0.05) is 25.6 Å². The summed E-state index contributed by atoms with van der Waals surface area (Å²) in [6.45, 7) is 2.48. The van der Waals surface area contributed by atoms with E-state index in [4.69, 9.17) is 4.52 Å². The number of benzene rings is 1. The summed E-state index contributed by atoms with van der Waals surface area (Å²) < 4.78 is 56.5. The first-order valence-electron chi connectivity index (χ1n) is 7.22. The molecule has 9 heteroatoms. The molecule has 2 heterocycles. The average Bonchev–Trinajstić information content (AvgIpc) is 3.15. The van der Waals surface area contributed by atoms with Gasteiger partial charge in [-0.2, -0.15) is 18.2 Å². The van der Waals surface area contributed by atoms with E-state index < -0.39 is 17.6 Å². The van der Waals surface area contributed by atoms with Crippen molar-refractivity contribution in [3.8, 4) is 11.4 Å². The Hall–Kier alpha value is -2.45. The third-order valence-corrected chi connectivity index (χ3v) is 3.96. The predicted molar refractivity (Wildman–Crippen MR) is 74.3 cm³/mol. The molecular formula is C15H13F4N3O2. The first kappa shape index (κ1) is 16.4. The second-order valence-corrected chi connectivity index (χ2v) is 5.60. The van der Waals surface area contributed by atoms with Gasteiger partial charge in [0.15, 0.2) is 0 Å². The smallest absolute Gasteiger partial charge is 0.342 e. The van der Waals surface area contributed by atoms with Crippen LogP contribution in [0, 0.1) is 5.82 Å². The molecule has 128 valence electrons. The van der Waals surface area contributed by atoms with E-state index in [-0.39, 0.29) is 29.1 Å². The van der Waals surface area contributed by atoms with Crippen LogP contribution in [0.4, 0.5) is 17.6 Å². The molecule has 2 aromatic rings. The number of rotatable bonds is 2. The second-order valence-electron chi connectivity index (χ2n) is 5.60. The summed E-state index contributed by atoms with van der Waals surface area (Å²) >= 11 is 0. The highest BCUT2D eigenvalue weighted by Gasteiger charge is 2.34. The van der Waals surface area contributed by atoms with Crippen molar-refractivity contribution in [1.29, 1.82) is 0 Å². The van der Waals surface area contributed by atoms with E-state index >= 15 is 0 Å². The summed E-state index contributed by atoms with van der Waals surface area (Å²) in [5.74, 6) is -1.28. The van der Waals surface area contributed by atoms with Crippen molar-refractivity contribution < 1.29 is 26.9 Å². The van der Waals surface area contributed by atoms with Gasteiger partial charge in [-0.3, -0.25) is 4.79 Å². The van der Waals surface area contributed by atoms with Crippen LogP contribution in [0.1, 0.15) is 30.7 Å². The largest absolute Gasteiger partial charge is 0.419 e. The highest BCUT2D eigenvalue weighted by molar-refractivity contribution is 5.73. The number of halogens is 4. The van der Waals surface area contributed by atoms with E-state index in [0.29, 0.717) is 25.6 Å². The number of nitrogens with zero attached hydrogens (tertiary/aromatic N) is 3. The van der Waals surface area contributed by atoms with Crippen molar-refractivity contribution >= 4 is 5.91 Å². The molecule has 0 spiro atoms. The van der Waals surface area contributed by atoms with Gasteiger partial charge in [0.2, 0.25) is 17.6 Å². The van der Waals surface area contributed by atoms with Gasteiger partial charge in [-0.05, 0) is 18.6 Å². The molecule has 0 N–H and O–H groups in total. The van der Waals surface area contributed by atoms with E-state index in [2.05, 4.69) is 10.1 Å². The van der Waals surface area contributed by atoms with Crippen molar-refractivity contribution in [1.82, 2.24) is 15.0 Å². The normalized spacial score (nSPS) is 18.2. The fraction of sp³-hybridized carbons (Fsp3) is 0.400. The Balaban J connectivity index is 1.81. The summed E-state index contributed by atoms with van der Waals surface area (Å²) in [5.41, 5.74) is -1.25. The third-order valence-electron chi connectivity index (χ3n) is 3.96. The predicted octanol–water partition coefficient (Wildman–Crippen LogP) is 3.23. The number of carbonyl (C=O) groups is 1. The summed E-state index contributed by atoms with van der Waals surface area (Å²) in [6.07, 6.45) is -4.10. The van der Waals surface area contributed by atoms with Crippen LogP contribution in [0.2, 0.25) is 0 Å². The SMILES string of the molecule is CC(=O)N1CC[C@H](c2nc(-c3ccc(C(F)(F)F)c(F)c3)no2)C1. The van der Waals surface area contributed by atoms with Gasteiger partial charge in [0.05, 0.1) is 11.5 Å². The van der Waals surface area contributed by atoms with Crippen LogP contribution in [-0.2, 0) is 11.0 Å². The van der Waals surface area contributed by atoms with Gasteiger partial charge >= 0.3 is 6.18 Å². The zero-order valence-electron chi connectivity index (χ0n) is 12.6. The molecule has 24 heavy (non-hydrogen) atoms. The molecule has 1 aliphatic rings. The summed E-state index contributed by atoms with van der Waals surface area (Å²) in [5, 5.41) is 3.70. The summed E-state index contributed by atoms with van der Waals surface area (Å²) in [6, 6.07) is 2.47. The molecule has 0 saturated carbocycles. The molecular weight excluding hydrogens is 330 g/mol. The lowest BCUT2D eigenvalue weighted by Gasteiger charge is -2.11. The molecule has 0 radical (unpaired) electrons. The monoisotopic (exact) mass is 343 g/mol. The Morgan fingerprint density at radius 1 is 1.38 bits per heavy atom. The summed E-state index contributed by atoms with van der Waals surface area (Å²) in [7, 11) is 0. The molecule has 1 aromatic carbocycles. The Kier molecular flexibility index (Phi) is 4.02. The molecule has 1 amide bonds. The van der Waals surface area contributed by atoms with Crippen molar-refractivity contribution in [2.75, 3.05) is 13.1 Å². The maximum Gasteiger partial charge on any atom is 0.419 e. The van der Waals surface area contributed by atoms with E-state index in [0.717, 1.165) is 12.1 Å². The number of alkyl halides is 3. The maximum absolute atomic E-state index is 13.6. The molecule has 3 rings (SSSR count). The molecule has 1 saturated heterocycles. The molecule has 5 nitrogen and oxygen atoms in total. The molecule has 0 aliphatic carbocycles. The minimum atomic E-state index is -4.76. The zero-order chi connectivity index (χ0) is 17.5. The van der Waals surface area contributed by atoms with Crippen LogP contribution in [0.25, 0.3) is 11.4 Å². The van der Waals surface area contributed by atoms with E-state index in [1.165, 1.54) is 6.92 Å². The van der Waals surface area contributed by atoms with E-state index in [9.17, 15) is 22.4 Å². The topological polar surface area (TPSA) is 59.2 Å². The quantitative estimate of drug-likeness (QED) is 0.786. The second kappa shape index (κ2) is 5.88. The van der Waals surface area contributed by atoms with Crippen LogP contribution in [-0.4, -0.2) is 34.0 Å². The van der Waals surface area contributed by atoms with Crippen molar-refractivity contribution in [2.24, 2.45) is 0 Å². The third kappa shape index (κ3) is 3.10. The van der Waals surface area contributed by atoms with Crippen LogP contribution in [0.15, 0.2) is 22.7 Å². The number of amides is 1. The lowest BCUT2D eigenvalue weighted by atomic mass is 10.1. The number of likely N-dealkylation sites (tertiary alicyclic amines) is 1. The first-order chi connectivity index (χ1) is 11.3. The zero-order valence-corrected chi connectivity index (χ0v) is 12.6. The van der Waals surface area contributed by atoms with Crippen molar-refractivity contribution in [3.05, 3.63) is 35.5 Å².